The van der Waals surface area contributed by atoms with Crippen molar-refractivity contribution >= 4 is 11.9 Å². The minimum Gasteiger partial charge on any atom is -0.508 e. The second kappa shape index (κ2) is 7.35. The number of H-pyrrole nitrogens is 1. The first kappa shape index (κ1) is 17.0. The summed E-state index contributed by atoms with van der Waals surface area (Å²) in [6.45, 7) is 2.25. The fourth-order valence-electron chi connectivity index (χ4n) is 3.11. The molecule has 132 valence electrons. The number of hydrogen-bond donors (Lipinski definition) is 4. The number of phenols is 1. The molecule has 0 radical (unpaired) electrons. The molecule has 8 heteroatoms. The number of aromatic nitrogens is 2. The van der Waals surface area contributed by atoms with E-state index in [2.05, 4.69) is 20.2 Å². The summed E-state index contributed by atoms with van der Waals surface area (Å²) in [5.74, 6) is -1.46. The number of aromatic carboxylic acids is 1. The highest BCUT2D eigenvalue weighted by Crippen LogP contribution is 2.17. The molecule has 1 aliphatic heterocycles. The third-order valence-corrected chi connectivity index (χ3v) is 4.23. The summed E-state index contributed by atoms with van der Waals surface area (Å²) in [6, 6.07) is 7.04. The molecule has 0 bridgehead atoms. The zero-order chi connectivity index (χ0) is 17.8. The van der Waals surface area contributed by atoms with Gasteiger partial charge in [-0.2, -0.15) is 0 Å². The van der Waals surface area contributed by atoms with Crippen LogP contribution in [0.5, 0.6) is 5.75 Å². The van der Waals surface area contributed by atoms with Gasteiger partial charge in [0.2, 0.25) is 0 Å². The second-order valence-electron chi connectivity index (χ2n) is 6.15. The van der Waals surface area contributed by atoms with E-state index in [1.54, 1.807) is 18.2 Å². The molecule has 1 aromatic carbocycles. The highest BCUT2D eigenvalue weighted by molar-refractivity contribution is 6.02. The quantitative estimate of drug-likeness (QED) is 0.647. The predicted octanol–water partition coefficient (Wildman–Crippen LogP) is 1.21. The molecule has 2 heterocycles. The molecule has 0 saturated carbocycles. The number of benzene rings is 1. The lowest BCUT2D eigenvalue weighted by atomic mass is 10.0. The van der Waals surface area contributed by atoms with E-state index < -0.39 is 11.9 Å². The van der Waals surface area contributed by atoms with Crippen LogP contribution in [-0.4, -0.2) is 56.1 Å². The van der Waals surface area contributed by atoms with Gasteiger partial charge >= 0.3 is 5.97 Å². The first-order valence-corrected chi connectivity index (χ1v) is 8.10. The average Bonchev–Trinajstić information content (AvgIpc) is 3.05. The van der Waals surface area contributed by atoms with Gasteiger partial charge in [-0.3, -0.25) is 9.69 Å². The third kappa shape index (κ3) is 4.16. The minimum absolute atomic E-state index is 0.0723. The molecule has 1 atom stereocenters. The van der Waals surface area contributed by atoms with Crippen molar-refractivity contribution in [1.29, 1.82) is 0 Å². The average molecular weight is 344 g/mol. The Kier molecular flexibility index (Phi) is 4.99. The van der Waals surface area contributed by atoms with Crippen LogP contribution in [0.4, 0.5) is 0 Å². The fourth-order valence-corrected chi connectivity index (χ4v) is 3.11. The van der Waals surface area contributed by atoms with E-state index in [1.807, 2.05) is 6.07 Å². The van der Waals surface area contributed by atoms with Crippen LogP contribution >= 0.6 is 0 Å². The zero-order valence-electron chi connectivity index (χ0n) is 13.6. The number of carbonyl (C=O) groups excluding carboxylic acids is 1. The van der Waals surface area contributed by atoms with Crippen molar-refractivity contribution in [1.82, 2.24) is 20.2 Å². The van der Waals surface area contributed by atoms with E-state index in [-0.39, 0.29) is 23.2 Å². The number of phenolic OH excluding ortho intramolecular Hbond substituents is 1. The molecule has 1 aliphatic rings. The zero-order valence-corrected chi connectivity index (χ0v) is 13.6. The van der Waals surface area contributed by atoms with Crippen molar-refractivity contribution in [3.8, 4) is 5.75 Å². The number of carboxylic acid groups (broad SMARTS) is 1. The molecule has 0 spiro atoms. The van der Waals surface area contributed by atoms with Crippen LogP contribution in [0.25, 0.3) is 0 Å². The number of imidazole rings is 1. The van der Waals surface area contributed by atoms with E-state index >= 15 is 0 Å². The van der Waals surface area contributed by atoms with Gasteiger partial charge in [-0.1, -0.05) is 12.1 Å². The molecule has 1 fully saturated rings. The Balaban J connectivity index is 1.60. The number of likely N-dealkylation sites (tertiary alicyclic amines) is 1. The molecule has 3 rings (SSSR count). The van der Waals surface area contributed by atoms with Gasteiger partial charge in [0, 0.05) is 19.1 Å². The number of rotatable bonds is 5. The molecule has 25 heavy (non-hydrogen) atoms. The number of aromatic hydroxyl groups is 1. The Bertz CT molecular complexity index is 774. The third-order valence-electron chi connectivity index (χ3n) is 4.23. The molecule has 1 unspecified atom stereocenters. The standard InChI is InChI=1S/C17H20N4O4/c22-13-5-1-3-11(7-13)8-21-6-2-4-12(9-21)20-16(23)14-15(17(24)25)19-10-18-14/h1,3,5,7,10,12,22H,2,4,6,8-9H2,(H,18,19)(H,20,23)(H,24,25). The molecule has 4 N–H and O–H groups in total. The van der Waals surface area contributed by atoms with E-state index in [1.165, 1.54) is 6.33 Å². The number of piperidine rings is 1. The maximum absolute atomic E-state index is 12.3. The van der Waals surface area contributed by atoms with Gasteiger partial charge in [-0.25, -0.2) is 9.78 Å². The Hall–Kier alpha value is -2.87. The van der Waals surface area contributed by atoms with Crippen molar-refractivity contribution in [2.45, 2.75) is 25.4 Å². The van der Waals surface area contributed by atoms with E-state index in [9.17, 15) is 14.7 Å². The lowest BCUT2D eigenvalue weighted by Gasteiger charge is -2.33. The van der Waals surface area contributed by atoms with Gasteiger partial charge in [0.25, 0.3) is 5.91 Å². The van der Waals surface area contributed by atoms with Crippen molar-refractivity contribution < 1.29 is 19.8 Å². The number of nitrogens with zero attached hydrogens (tertiary/aromatic N) is 2. The van der Waals surface area contributed by atoms with Crippen LogP contribution in [0, 0.1) is 0 Å². The van der Waals surface area contributed by atoms with E-state index in [0.717, 1.165) is 24.9 Å². The summed E-state index contributed by atoms with van der Waals surface area (Å²) in [5.41, 5.74) is 0.704. The van der Waals surface area contributed by atoms with Crippen LogP contribution in [-0.2, 0) is 6.54 Å². The molecule has 1 amide bonds. The monoisotopic (exact) mass is 344 g/mol. The first-order valence-electron chi connectivity index (χ1n) is 8.10. The normalized spacial score (nSPS) is 18.0. The Morgan fingerprint density at radius 1 is 1.40 bits per heavy atom. The highest BCUT2D eigenvalue weighted by Gasteiger charge is 2.25. The first-order chi connectivity index (χ1) is 12.0. The molecule has 2 aromatic rings. The summed E-state index contributed by atoms with van der Waals surface area (Å²) in [4.78, 5) is 31.9. The van der Waals surface area contributed by atoms with Crippen molar-refractivity contribution in [2.75, 3.05) is 13.1 Å². The predicted molar refractivity (Wildman–Crippen MR) is 89.4 cm³/mol. The van der Waals surface area contributed by atoms with Crippen LogP contribution in [0.15, 0.2) is 30.6 Å². The number of aromatic amines is 1. The second-order valence-corrected chi connectivity index (χ2v) is 6.15. The number of nitrogens with one attached hydrogen (secondary N) is 2. The van der Waals surface area contributed by atoms with Crippen LogP contribution < -0.4 is 5.32 Å². The fraction of sp³-hybridized carbons (Fsp3) is 0.353. The van der Waals surface area contributed by atoms with Gasteiger partial charge in [-0.15, -0.1) is 0 Å². The molecular weight excluding hydrogens is 324 g/mol. The maximum Gasteiger partial charge on any atom is 0.354 e. The number of carboxylic acids is 1. The van der Waals surface area contributed by atoms with Crippen LogP contribution in [0.2, 0.25) is 0 Å². The Morgan fingerprint density at radius 2 is 2.24 bits per heavy atom. The number of carbonyl (C=O) groups is 2. The largest absolute Gasteiger partial charge is 0.508 e. The van der Waals surface area contributed by atoms with Gasteiger partial charge in [0.1, 0.15) is 5.75 Å². The van der Waals surface area contributed by atoms with Crippen molar-refractivity contribution in [3.63, 3.8) is 0 Å². The number of amides is 1. The van der Waals surface area contributed by atoms with E-state index in [0.29, 0.717) is 13.1 Å². The smallest absolute Gasteiger partial charge is 0.354 e. The summed E-state index contributed by atoms with van der Waals surface area (Å²) < 4.78 is 0. The molecule has 1 saturated heterocycles. The summed E-state index contributed by atoms with van der Waals surface area (Å²) >= 11 is 0. The SMILES string of the molecule is O=C(NC1CCCN(Cc2cccc(O)c2)C1)c1nc[nH]c1C(=O)O. The number of hydrogen-bond acceptors (Lipinski definition) is 5. The van der Waals surface area contributed by atoms with Crippen molar-refractivity contribution in [2.24, 2.45) is 0 Å². The summed E-state index contributed by atoms with van der Waals surface area (Å²) in [5, 5.41) is 21.5. The lowest BCUT2D eigenvalue weighted by molar-refractivity contribution is 0.0683. The van der Waals surface area contributed by atoms with Crippen LogP contribution in [0.3, 0.4) is 0 Å². The molecule has 1 aromatic heterocycles. The Labute approximate surface area is 144 Å². The lowest BCUT2D eigenvalue weighted by Crippen LogP contribution is -2.47. The van der Waals surface area contributed by atoms with Gasteiger partial charge in [0.15, 0.2) is 11.4 Å². The van der Waals surface area contributed by atoms with Gasteiger partial charge in [-0.05, 0) is 37.1 Å². The Morgan fingerprint density at radius 3 is 3.00 bits per heavy atom. The molecular formula is C17H20N4O4. The molecule has 8 nitrogen and oxygen atoms in total. The minimum atomic E-state index is -1.21. The van der Waals surface area contributed by atoms with Crippen LogP contribution in [0.1, 0.15) is 39.4 Å². The summed E-state index contributed by atoms with van der Waals surface area (Å²) in [6.07, 6.45) is 2.96. The topological polar surface area (TPSA) is 119 Å². The van der Waals surface area contributed by atoms with Gasteiger partial charge < -0.3 is 20.5 Å². The maximum atomic E-state index is 12.3. The summed E-state index contributed by atoms with van der Waals surface area (Å²) in [7, 11) is 0. The van der Waals surface area contributed by atoms with Crippen molar-refractivity contribution in [3.05, 3.63) is 47.5 Å². The highest BCUT2D eigenvalue weighted by atomic mass is 16.4. The van der Waals surface area contributed by atoms with E-state index in [4.69, 9.17) is 5.11 Å². The molecule has 0 aliphatic carbocycles. The van der Waals surface area contributed by atoms with Gasteiger partial charge in [0.05, 0.1) is 6.33 Å².